The summed E-state index contributed by atoms with van der Waals surface area (Å²) in [6.45, 7) is 11.3. The molecule has 2 aromatic carbocycles. The molecule has 166 valence electrons. The molecule has 0 spiro atoms. The van der Waals surface area contributed by atoms with Crippen LogP contribution in [0.1, 0.15) is 46.9 Å². The number of aryl methyl sites for hydroxylation is 2. The topological polar surface area (TPSA) is 49.3 Å². The van der Waals surface area contributed by atoms with E-state index >= 15 is 0 Å². The molecule has 1 aromatic heterocycles. The van der Waals surface area contributed by atoms with Gasteiger partial charge in [-0.3, -0.25) is 4.79 Å². The minimum Gasteiger partial charge on any atom is -0.353 e. The van der Waals surface area contributed by atoms with Gasteiger partial charge < -0.3 is 9.80 Å². The lowest BCUT2D eigenvalue weighted by Gasteiger charge is -2.37. The van der Waals surface area contributed by atoms with Gasteiger partial charge in [0.25, 0.3) is 5.91 Å². The number of carbonyl (C=O) groups excluding carboxylic acids is 1. The molecule has 1 aliphatic heterocycles. The second-order valence-electron chi connectivity index (χ2n) is 8.68. The van der Waals surface area contributed by atoms with Crippen LogP contribution >= 0.6 is 11.6 Å². The van der Waals surface area contributed by atoms with Crippen molar-refractivity contribution in [1.82, 2.24) is 14.9 Å². The van der Waals surface area contributed by atoms with Crippen molar-refractivity contribution in [3.8, 4) is 11.4 Å². The second kappa shape index (κ2) is 9.29. The number of rotatable bonds is 4. The van der Waals surface area contributed by atoms with Crippen LogP contribution in [0.4, 0.5) is 5.82 Å². The summed E-state index contributed by atoms with van der Waals surface area (Å²) in [5, 5.41) is 0.635. The van der Waals surface area contributed by atoms with Gasteiger partial charge in [0.1, 0.15) is 5.82 Å². The third-order valence-corrected chi connectivity index (χ3v) is 6.18. The van der Waals surface area contributed by atoms with E-state index in [0.717, 1.165) is 36.0 Å². The molecule has 32 heavy (non-hydrogen) atoms. The second-order valence-corrected chi connectivity index (χ2v) is 9.12. The largest absolute Gasteiger partial charge is 0.353 e. The molecule has 0 unspecified atom stereocenters. The zero-order valence-electron chi connectivity index (χ0n) is 19.1. The van der Waals surface area contributed by atoms with Gasteiger partial charge in [0, 0.05) is 53.6 Å². The highest BCUT2D eigenvalue weighted by molar-refractivity contribution is 6.30. The molecule has 1 aliphatic rings. The number of carbonyl (C=O) groups is 1. The van der Waals surface area contributed by atoms with E-state index in [1.165, 1.54) is 11.1 Å². The lowest BCUT2D eigenvalue weighted by atomic mass is 10.0. The fourth-order valence-electron chi connectivity index (χ4n) is 4.29. The lowest BCUT2D eigenvalue weighted by Crippen LogP contribution is -2.49. The van der Waals surface area contributed by atoms with Gasteiger partial charge in [-0.25, -0.2) is 9.97 Å². The average Bonchev–Trinajstić information content (AvgIpc) is 2.78. The van der Waals surface area contributed by atoms with E-state index in [4.69, 9.17) is 21.6 Å². The van der Waals surface area contributed by atoms with Crippen molar-refractivity contribution in [3.05, 3.63) is 75.9 Å². The number of benzene rings is 2. The molecule has 0 N–H and O–H groups in total. The van der Waals surface area contributed by atoms with Gasteiger partial charge in [0.2, 0.25) is 0 Å². The maximum atomic E-state index is 12.9. The van der Waals surface area contributed by atoms with E-state index in [9.17, 15) is 4.79 Å². The fraction of sp³-hybridized carbons (Fsp3) is 0.346. The van der Waals surface area contributed by atoms with Gasteiger partial charge in [-0.2, -0.15) is 0 Å². The molecular weight excluding hydrogens is 420 g/mol. The smallest absolute Gasteiger partial charge is 0.253 e. The van der Waals surface area contributed by atoms with Crippen molar-refractivity contribution in [3.63, 3.8) is 0 Å². The van der Waals surface area contributed by atoms with Crippen molar-refractivity contribution in [1.29, 1.82) is 0 Å². The number of piperazine rings is 1. The summed E-state index contributed by atoms with van der Waals surface area (Å²) in [6, 6.07) is 15.4. The van der Waals surface area contributed by atoms with Crippen LogP contribution in [0.15, 0.2) is 48.5 Å². The summed E-state index contributed by atoms with van der Waals surface area (Å²) in [5.41, 5.74) is 5.08. The van der Waals surface area contributed by atoms with Crippen LogP contribution in [0, 0.1) is 13.8 Å². The van der Waals surface area contributed by atoms with Crippen molar-refractivity contribution in [2.45, 2.75) is 33.6 Å². The Morgan fingerprint density at radius 2 is 1.66 bits per heavy atom. The number of anilines is 1. The molecule has 0 radical (unpaired) electrons. The predicted molar refractivity (Wildman–Crippen MR) is 131 cm³/mol. The molecule has 0 saturated carbocycles. The summed E-state index contributed by atoms with van der Waals surface area (Å²) in [7, 11) is 0. The molecule has 1 amide bonds. The summed E-state index contributed by atoms with van der Waals surface area (Å²) >= 11 is 5.96. The van der Waals surface area contributed by atoms with Crippen LogP contribution < -0.4 is 4.90 Å². The highest BCUT2D eigenvalue weighted by atomic mass is 35.5. The molecule has 3 aromatic rings. The van der Waals surface area contributed by atoms with Gasteiger partial charge in [0.15, 0.2) is 5.82 Å². The standard InChI is InChI=1S/C26H29ClN4O/c1-17(2)23-19(4)28-24(21-7-5-6-18(3)16-21)29-25(23)30-12-14-31(15-13-30)26(32)20-8-10-22(27)11-9-20/h5-11,16-17H,12-15H2,1-4H3. The molecule has 1 saturated heterocycles. The quantitative estimate of drug-likeness (QED) is 0.528. The first-order chi connectivity index (χ1) is 15.3. The Morgan fingerprint density at radius 3 is 2.28 bits per heavy atom. The summed E-state index contributed by atoms with van der Waals surface area (Å²) < 4.78 is 0. The van der Waals surface area contributed by atoms with Crippen molar-refractivity contribution in [2.24, 2.45) is 0 Å². The third-order valence-electron chi connectivity index (χ3n) is 5.93. The van der Waals surface area contributed by atoms with Crippen molar-refractivity contribution < 1.29 is 4.79 Å². The fourth-order valence-corrected chi connectivity index (χ4v) is 4.42. The van der Waals surface area contributed by atoms with Crippen LogP contribution in [-0.2, 0) is 0 Å². The Morgan fingerprint density at radius 1 is 0.969 bits per heavy atom. The molecule has 5 nitrogen and oxygen atoms in total. The number of amides is 1. The minimum absolute atomic E-state index is 0.0460. The molecule has 0 atom stereocenters. The van der Waals surface area contributed by atoms with Gasteiger partial charge in [-0.15, -0.1) is 0 Å². The molecule has 2 heterocycles. The van der Waals surface area contributed by atoms with Crippen molar-refractivity contribution in [2.75, 3.05) is 31.1 Å². The SMILES string of the molecule is Cc1cccc(-c2nc(C)c(C(C)C)c(N3CCN(C(=O)c4ccc(Cl)cc4)CC3)n2)c1. The Kier molecular flexibility index (Phi) is 6.47. The lowest BCUT2D eigenvalue weighted by molar-refractivity contribution is 0.0746. The van der Waals surface area contributed by atoms with E-state index < -0.39 is 0 Å². The number of halogens is 1. The number of nitrogens with zero attached hydrogens (tertiary/aromatic N) is 4. The van der Waals surface area contributed by atoms with Crippen LogP contribution in [0.2, 0.25) is 5.02 Å². The highest BCUT2D eigenvalue weighted by Crippen LogP contribution is 2.31. The van der Waals surface area contributed by atoms with Crippen molar-refractivity contribution >= 4 is 23.3 Å². The van der Waals surface area contributed by atoms with Gasteiger partial charge in [-0.05, 0) is 50.1 Å². The van der Waals surface area contributed by atoms with Gasteiger partial charge in [-0.1, -0.05) is 49.2 Å². The number of hydrogen-bond acceptors (Lipinski definition) is 4. The molecule has 4 rings (SSSR count). The first kappa shape index (κ1) is 22.3. The summed E-state index contributed by atoms with van der Waals surface area (Å²) in [5.74, 6) is 2.10. The van der Waals surface area contributed by atoms with Crippen LogP contribution in [0.25, 0.3) is 11.4 Å². The molecule has 0 bridgehead atoms. The molecule has 0 aliphatic carbocycles. The minimum atomic E-state index is 0.0460. The maximum Gasteiger partial charge on any atom is 0.253 e. The Bertz CT molecular complexity index is 1120. The third kappa shape index (κ3) is 4.63. The van der Waals surface area contributed by atoms with E-state index in [1.54, 1.807) is 24.3 Å². The van der Waals surface area contributed by atoms with E-state index in [1.807, 2.05) is 11.0 Å². The van der Waals surface area contributed by atoms with E-state index in [0.29, 0.717) is 29.6 Å². The molecule has 6 heteroatoms. The first-order valence-electron chi connectivity index (χ1n) is 11.1. The average molecular weight is 449 g/mol. The Balaban J connectivity index is 1.59. The normalized spacial score (nSPS) is 14.2. The maximum absolute atomic E-state index is 12.9. The first-order valence-corrected chi connectivity index (χ1v) is 11.5. The Hall–Kier alpha value is -2.92. The molecule has 1 fully saturated rings. The van der Waals surface area contributed by atoms with Gasteiger partial charge >= 0.3 is 0 Å². The summed E-state index contributed by atoms with van der Waals surface area (Å²) in [4.78, 5) is 27.0. The van der Waals surface area contributed by atoms with Gasteiger partial charge in [0.05, 0.1) is 0 Å². The van der Waals surface area contributed by atoms with Crippen LogP contribution in [0.3, 0.4) is 0 Å². The Labute approximate surface area is 195 Å². The number of aromatic nitrogens is 2. The number of hydrogen-bond donors (Lipinski definition) is 0. The predicted octanol–water partition coefficient (Wildman–Crippen LogP) is 5.50. The highest BCUT2D eigenvalue weighted by Gasteiger charge is 2.26. The summed E-state index contributed by atoms with van der Waals surface area (Å²) in [6.07, 6.45) is 0. The molecular formula is C26H29ClN4O. The van der Waals surface area contributed by atoms with E-state index in [-0.39, 0.29) is 5.91 Å². The monoisotopic (exact) mass is 448 g/mol. The zero-order valence-corrected chi connectivity index (χ0v) is 19.9. The zero-order chi connectivity index (χ0) is 22.8. The van der Waals surface area contributed by atoms with Crippen LogP contribution in [0.5, 0.6) is 0 Å². The van der Waals surface area contributed by atoms with Crippen LogP contribution in [-0.4, -0.2) is 47.0 Å². The van der Waals surface area contributed by atoms with E-state index in [2.05, 4.69) is 50.8 Å².